The molecule has 2 saturated heterocycles. The van der Waals surface area contributed by atoms with Gasteiger partial charge in [-0.3, -0.25) is 25.0 Å². The summed E-state index contributed by atoms with van der Waals surface area (Å²) >= 11 is 7.63. The smallest absolute Gasteiger partial charge is 0.376 e. The number of nitro groups is 2. The Bertz CT molecular complexity index is 2830. The topological polar surface area (TPSA) is 172 Å². The van der Waals surface area contributed by atoms with E-state index >= 15 is 0 Å². The van der Waals surface area contributed by atoms with E-state index in [0.717, 1.165) is 28.4 Å². The van der Waals surface area contributed by atoms with Crippen LogP contribution in [0.3, 0.4) is 0 Å². The normalized spacial score (nSPS) is 15.5. The molecule has 356 valence electrons. The molecule has 2 fully saturated rings. The Morgan fingerprint density at radius 1 is 0.779 bits per heavy atom. The van der Waals surface area contributed by atoms with Gasteiger partial charge in [-0.1, -0.05) is 41.9 Å². The van der Waals surface area contributed by atoms with E-state index in [1.807, 2.05) is 42.5 Å². The van der Waals surface area contributed by atoms with Crippen LogP contribution in [0.1, 0.15) is 25.0 Å². The van der Waals surface area contributed by atoms with Crippen LogP contribution in [0, 0.1) is 20.2 Å². The summed E-state index contributed by atoms with van der Waals surface area (Å²) in [5, 5.41) is 31.3. The zero-order chi connectivity index (χ0) is 48.0. The molecule has 0 bridgehead atoms. The zero-order valence-electron chi connectivity index (χ0n) is 36.5. The molecule has 1 aromatic heterocycles. The van der Waals surface area contributed by atoms with E-state index in [1.165, 1.54) is 16.8 Å². The second-order valence-corrected chi connectivity index (χ2v) is 19.7. The standard InChI is InChI=1S/C47H47ClF3N9O6S2/c48-34-9-13-38(14-10-34)58-44(31-46(53-58)47(49,50)51)33-5-4-6-40(29-33)57-27-25-56(26-28-57)37-15-11-35(12-16-37)54-68(65,66)42-17-18-43(45(30-42)60(63)64)52-36(32-67-41-7-2-1-3-8-41)19-22-55-23-20-39(21-24-55)59(61)62/h1-18,29-31,36,39,52,54H,19-28,32H2/t36-/m1/s1. The molecule has 0 saturated carbocycles. The Morgan fingerprint density at radius 2 is 1.44 bits per heavy atom. The Balaban J connectivity index is 0.900. The zero-order valence-corrected chi connectivity index (χ0v) is 38.9. The van der Waals surface area contributed by atoms with Gasteiger partial charge in [0.05, 0.1) is 21.2 Å². The molecule has 0 amide bonds. The summed E-state index contributed by atoms with van der Waals surface area (Å²) in [5.41, 5.74) is 1.99. The molecule has 0 aliphatic carbocycles. The van der Waals surface area contributed by atoms with Crippen molar-refractivity contribution in [1.82, 2.24) is 14.7 Å². The first-order valence-corrected chi connectivity index (χ1v) is 24.7. The fourth-order valence-electron chi connectivity index (χ4n) is 8.32. The number of piperazine rings is 1. The van der Waals surface area contributed by atoms with Gasteiger partial charge in [0.2, 0.25) is 6.04 Å². The number of thioether (sulfide) groups is 1. The van der Waals surface area contributed by atoms with E-state index in [9.17, 15) is 41.8 Å². The van der Waals surface area contributed by atoms with E-state index < -0.39 is 38.5 Å². The van der Waals surface area contributed by atoms with Crippen molar-refractivity contribution in [2.75, 3.05) is 71.4 Å². The van der Waals surface area contributed by atoms with Crippen LogP contribution >= 0.6 is 23.4 Å². The highest BCUT2D eigenvalue weighted by atomic mass is 35.5. The van der Waals surface area contributed by atoms with Crippen molar-refractivity contribution in [3.63, 3.8) is 0 Å². The number of likely N-dealkylation sites (tertiary alicyclic amines) is 1. The summed E-state index contributed by atoms with van der Waals surface area (Å²) in [6, 6.07) is 34.3. The Labute approximate surface area is 400 Å². The molecule has 15 nitrogen and oxygen atoms in total. The lowest BCUT2D eigenvalue weighted by Gasteiger charge is -2.37. The second-order valence-electron chi connectivity index (χ2n) is 16.5. The van der Waals surface area contributed by atoms with Crippen molar-refractivity contribution >= 4 is 61.8 Å². The van der Waals surface area contributed by atoms with Gasteiger partial charge < -0.3 is 20.0 Å². The number of nitro benzene ring substituents is 1. The van der Waals surface area contributed by atoms with Crippen LogP contribution in [-0.4, -0.2) is 96.6 Å². The molecule has 2 aliphatic rings. The number of hydrogen-bond acceptors (Lipinski definition) is 12. The molecule has 0 radical (unpaired) electrons. The van der Waals surface area contributed by atoms with Crippen molar-refractivity contribution in [3.05, 3.63) is 158 Å². The van der Waals surface area contributed by atoms with Gasteiger partial charge in [0.25, 0.3) is 15.7 Å². The van der Waals surface area contributed by atoms with E-state index in [1.54, 1.807) is 72.4 Å². The maximum absolute atomic E-state index is 13.8. The number of nitrogens with one attached hydrogen (secondary N) is 2. The third-order valence-electron chi connectivity index (χ3n) is 12.0. The molecular weight excluding hydrogens is 943 g/mol. The maximum atomic E-state index is 13.8. The number of alkyl halides is 3. The van der Waals surface area contributed by atoms with Gasteiger partial charge >= 0.3 is 6.18 Å². The van der Waals surface area contributed by atoms with Crippen LogP contribution in [0.5, 0.6) is 0 Å². The van der Waals surface area contributed by atoms with E-state index in [0.29, 0.717) is 87.1 Å². The van der Waals surface area contributed by atoms with E-state index in [4.69, 9.17) is 11.6 Å². The molecule has 2 aliphatic heterocycles. The lowest BCUT2D eigenvalue weighted by atomic mass is 10.1. The third kappa shape index (κ3) is 11.8. The highest BCUT2D eigenvalue weighted by Gasteiger charge is 2.36. The number of halogens is 4. The summed E-state index contributed by atoms with van der Waals surface area (Å²) in [7, 11) is -4.25. The van der Waals surface area contributed by atoms with Crippen LogP contribution in [0.4, 0.5) is 41.6 Å². The van der Waals surface area contributed by atoms with Gasteiger partial charge in [0, 0.05) is 114 Å². The predicted octanol–water partition coefficient (Wildman–Crippen LogP) is 9.95. The fraction of sp³-hybridized carbons (Fsp3) is 0.298. The maximum Gasteiger partial charge on any atom is 0.435 e. The van der Waals surface area contributed by atoms with Crippen molar-refractivity contribution in [2.45, 2.75) is 47.3 Å². The van der Waals surface area contributed by atoms with Gasteiger partial charge in [-0.25, -0.2) is 13.1 Å². The minimum Gasteiger partial charge on any atom is -0.376 e. The second kappa shape index (κ2) is 20.9. The van der Waals surface area contributed by atoms with Gasteiger partial charge in [-0.2, -0.15) is 18.3 Å². The molecule has 6 aromatic rings. The lowest BCUT2D eigenvalue weighted by Crippen LogP contribution is -2.46. The van der Waals surface area contributed by atoms with Gasteiger partial charge in [-0.15, -0.1) is 11.8 Å². The minimum absolute atomic E-state index is 0.179. The monoisotopic (exact) mass is 989 g/mol. The number of nitrogens with zero attached hydrogens (tertiary/aromatic N) is 7. The molecule has 2 N–H and O–H groups in total. The predicted molar refractivity (Wildman–Crippen MR) is 259 cm³/mol. The van der Waals surface area contributed by atoms with Crippen molar-refractivity contribution in [3.8, 4) is 16.9 Å². The molecule has 5 aromatic carbocycles. The summed E-state index contributed by atoms with van der Waals surface area (Å²) in [6.45, 7) is 4.22. The Kier molecular flexibility index (Phi) is 14.8. The SMILES string of the molecule is O=[N+]([O-])c1cc(S(=O)(=O)Nc2ccc(N3CCN(c4cccc(-c5cc(C(F)(F)F)nn5-c5ccc(Cl)cc5)c4)CC3)cc2)ccc1N[C@H](CCN1CCC([N+](=O)[O-])CC1)CSc1ccccc1. The molecule has 21 heteroatoms. The van der Waals surface area contributed by atoms with Gasteiger partial charge in [0.15, 0.2) is 5.69 Å². The van der Waals surface area contributed by atoms with Crippen molar-refractivity contribution in [2.24, 2.45) is 0 Å². The summed E-state index contributed by atoms with van der Waals surface area (Å²) in [6.07, 6.45) is -3.12. The Hall–Kier alpha value is -6.35. The van der Waals surface area contributed by atoms with Crippen LogP contribution in [0.2, 0.25) is 5.02 Å². The summed E-state index contributed by atoms with van der Waals surface area (Å²) in [4.78, 5) is 30.0. The van der Waals surface area contributed by atoms with Crippen LogP contribution in [-0.2, 0) is 16.2 Å². The summed E-state index contributed by atoms with van der Waals surface area (Å²) < 4.78 is 72.6. The number of anilines is 4. The van der Waals surface area contributed by atoms with E-state index in [2.05, 4.69) is 29.8 Å². The number of aromatic nitrogens is 2. The van der Waals surface area contributed by atoms with Crippen molar-refractivity contribution in [1.29, 1.82) is 0 Å². The lowest BCUT2D eigenvalue weighted by molar-refractivity contribution is -0.526. The Morgan fingerprint density at radius 3 is 2.09 bits per heavy atom. The molecular formula is C47H47ClF3N9O6S2. The van der Waals surface area contributed by atoms with Crippen LogP contribution in [0.25, 0.3) is 16.9 Å². The van der Waals surface area contributed by atoms with Crippen molar-refractivity contribution < 1.29 is 31.4 Å². The van der Waals surface area contributed by atoms with Crippen LogP contribution < -0.4 is 19.8 Å². The summed E-state index contributed by atoms with van der Waals surface area (Å²) in [5.74, 6) is 0.561. The minimum atomic E-state index is -4.64. The largest absolute Gasteiger partial charge is 0.435 e. The molecule has 0 unspecified atom stereocenters. The van der Waals surface area contributed by atoms with Crippen LogP contribution in [0.15, 0.2) is 137 Å². The number of sulfonamides is 1. The number of hydrogen-bond donors (Lipinski definition) is 2. The molecule has 68 heavy (non-hydrogen) atoms. The first kappa shape index (κ1) is 48.1. The molecule has 8 rings (SSSR count). The van der Waals surface area contributed by atoms with Gasteiger partial charge in [-0.05, 0) is 97.4 Å². The van der Waals surface area contributed by atoms with Gasteiger partial charge in [0.1, 0.15) is 5.69 Å². The molecule has 1 atom stereocenters. The average molecular weight is 991 g/mol. The quantitative estimate of drug-likeness (QED) is 0.0504. The first-order valence-electron chi connectivity index (χ1n) is 21.8. The number of rotatable bonds is 17. The number of benzene rings is 5. The fourth-order valence-corrected chi connectivity index (χ4v) is 10.5. The number of piperidine rings is 1. The average Bonchev–Trinajstić information content (AvgIpc) is 3.80. The molecule has 0 spiro atoms. The highest BCUT2D eigenvalue weighted by Crippen LogP contribution is 2.36. The molecule has 3 heterocycles. The highest BCUT2D eigenvalue weighted by molar-refractivity contribution is 7.99. The first-order chi connectivity index (χ1) is 32.6. The van der Waals surface area contributed by atoms with E-state index in [-0.39, 0.29) is 32.9 Å². The third-order valence-corrected chi connectivity index (χ3v) is 14.8.